The fourth-order valence-corrected chi connectivity index (χ4v) is 6.05. The van der Waals surface area contributed by atoms with Crippen molar-refractivity contribution < 1.29 is 38.2 Å². The summed E-state index contributed by atoms with van der Waals surface area (Å²) in [5.74, 6) is -2.93. The number of carbonyl (C=O) groups is 6. The zero-order chi connectivity index (χ0) is 32.7. The molecule has 0 aliphatic heterocycles. The highest BCUT2D eigenvalue weighted by molar-refractivity contribution is 7.98. The summed E-state index contributed by atoms with van der Waals surface area (Å²) in [4.78, 5) is 78.6. The maximum Gasteiger partial charge on any atom is 0.326 e. The fraction of sp³-hybridized carbons (Fsp3) is 0.400. The van der Waals surface area contributed by atoms with Crippen molar-refractivity contribution in [2.45, 2.75) is 36.8 Å². The van der Waals surface area contributed by atoms with Crippen LogP contribution in [0, 0.1) is 0 Å². The summed E-state index contributed by atoms with van der Waals surface area (Å²) in [6, 6.07) is 8.87. The van der Waals surface area contributed by atoms with Gasteiger partial charge in [0.15, 0.2) is 11.6 Å². The molecule has 1 aliphatic carbocycles. The van der Waals surface area contributed by atoms with Gasteiger partial charge in [-0.15, -0.1) is 0 Å². The fourth-order valence-electron chi connectivity index (χ4n) is 4.91. The van der Waals surface area contributed by atoms with Gasteiger partial charge in [-0.3, -0.25) is 28.8 Å². The number of anilines is 2. The van der Waals surface area contributed by atoms with Crippen LogP contribution >= 0.6 is 23.5 Å². The van der Waals surface area contributed by atoms with E-state index in [9.17, 15) is 28.8 Å². The minimum Gasteiger partial charge on any atom is -0.468 e. The number of methoxy groups -OCH3 is 2. The summed E-state index contributed by atoms with van der Waals surface area (Å²) in [5, 5.41) is 5.26. The molecule has 0 fully saturated rings. The predicted molar refractivity (Wildman–Crippen MR) is 170 cm³/mol. The summed E-state index contributed by atoms with van der Waals surface area (Å²) in [6.45, 7) is 0. The second-order valence-electron chi connectivity index (χ2n) is 10.3. The molecule has 2 amide bonds. The molecule has 0 unspecified atom stereocenters. The number of amides is 2. The molecule has 0 spiro atoms. The van der Waals surface area contributed by atoms with Crippen LogP contribution in [0.4, 0.5) is 11.4 Å². The Morgan fingerprint density at radius 2 is 1.09 bits per heavy atom. The Bertz CT molecular complexity index is 1380. The van der Waals surface area contributed by atoms with Crippen LogP contribution < -0.4 is 22.1 Å². The lowest BCUT2D eigenvalue weighted by molar-refractivity contribution is -0.149. The third-order valence-electron chi connectivity index (χ3n) is 7.26. The van der Waals surface area contributed by atoms with E-state index >= 15 is 0 Å². The quantitative estimate of drug-likeness (QED) is 0.187. The van der Waals surface area contributed by atoms with E-state index in [-0.39, 0.29) is 46.5 Å². The number of esters is 2. The Kier molecular flexibility index (Phi) is 11.7. The topological polar surface area (TPSA) is 197 Å². The highest BCUT2D eigenvalue weighted by atomic mass is 32.2. The first kappa shape index (κ1) is 34.8. The number of ketones is 2. The largest absolute Gasteiger partial charge is 0.468 e. The third-order valence-corrected chi connectivity index (χ3v) is 8.49. The van der Waals surface area contributed by atoms with Gasteiger partial charge in [0.1, 0.15) is 11.1 Å². The molecule has 0 bridgehead atoms. The van der Waals surface area contributed by atoms with E-state index in [4.69, 9.17) is 20.9 Å². The van der Waals surface area contributed by atoms with Crippen molar-refractivity contribution >= 4 is 70.2 Å². The first-order valence-corrected chi connectivity index (χ1v) is 16.3. The van der Waals surface area contributed by atoms with E-state index in [1.54, 1.807) is 0 Å². The first-order chi connectivity index (χ1) is 20.8. The van der Waals surface area contributed by atoms with Crippen molar-refractivity contribution in [1.29, 1.82) is 0 Å². The SMILES string of the molecule is COC(=O)[C@](N)(CCSC)CC(=O)Nc1cccc2c1C(=O)c1c(NC(=O)C[C@@](N)(CCSC)C(=O)OC)cccc1C2=O. The van der Waals surface area contributed by atoms with Gasteiger partial charge in [-0.2, -0.15) is 23.5 Å². The molecular weight excluding hydrogens is 608 g/mol. The smallest absolute Gasteiger partial charge is 0.326 e. The summed E-state index contributed by atoms with van der Waals surface area (Å²) >= 11 is 2.90. The normalized spacial score (nSPS) is 14.8. The van der Waals surface area contributed by atoms with Gasteiger partial charge >= 0.3 is 11.9 Å². The van der Waals surface area contributed by atoms with E-state index in [1.807, 2.05) is 12.5 Å². The lowest BCUT2D eigenvalue weighted by Crippen LogP contribution is -2.51. The average Bonchev–Trinajstić information content (AvgIpc) is 3.00. The molecular formula is C30H36N4O8S2. The number of carbonyl (C=O) groups excluding carboxylic acids is 6. The molecule has 2 aromatic carbocycles. The average molecular weight is 645 g/mol. The standard InChI is InChI=1S/C30H36N4O8S2/c1-41-27(39)29(31,11-13-43-3)15-21(35)33-19-9-5-7-17-23(19)26(38)24-18(25(17)37)8-6-10-20(24)34-22(36)16-30(32,12-14-44-4)28(40)42-2/h5-10H,11-16,31-32H2,1-4H3,(H,33,35)(H,34,36)/t29-,30-/m0/s1. The van der Waals surface area contributed by atoms with Crippen molar-refractivity contribution in [2.24, 2.45) is 11.5 Å². The Balaban J connectivity index is 1.93. The molecule has 0 saturated carbocycles. The lowest BCUT2D eigenvalue weighted by Gasteiger charge is -2.27. The van der Waals surface area contributed by atoms with Crippen LogP contribution in [0.2, 0.25) is 0 Å². The van der Waals surface area contributed by atoms with Gasteiger partial charge in [0.2, 0.25) is 11.8 Å². The molecule has 12 nitrogen and oxygen atoms in total. The van der Waals surface area contributed by atoms with Crippen LogP contribution in [0.15, 0.2) is 36.4 Å². The molecule has 0 heterocycles. The van der Waals surface area contributed by atoms with Gasteiger partial charge in [0, 0.05) is 11.1 Å². The highest BCUT2D eigenvalue weighted by Crippen LogP contribution is 2.36. The summed E-state index contributed by atoms with van der Waals surface area (Å²) < 4.78 is 9.63. The summed E-state index contributed by atoms with van der Waals surface area (Å²) in [7, 11) is 2.36. The molecule has 0 aromatic heterocycles. The third kappa shape index (κ3) is 7.49. The summed E-state index contributed by atoms with van der Waals surface area (Å²) in [6.07, 6.45) is 3.16. The zero-order valence-corrected chi connectivity index (χ0v) is 26.6. The molecule has 0 saturated heterocycles. The van der Waals surface area contributed by atoms with Gasteiger partial charge in [-0.1, -0.05) is 24.3 Å². The van der Waals surface area contributed by atoms with Crippen LogP contribution in [-0.2, 0) is 28.7 Å². The Morgan fingerprint density at radius 1 is 0.705 bits per heavy atom. The van der Waals surface area contributed by atoms with Crippen molar-refractivity contribution in [3.8, 4) is 0 Å². The van der Waals surface area contributed by atoms with E-state index in [1.165, 1.54) is 74.1 Å². The lowest BCUT2D eigenvalue weighted by atomic mass is 9.82. The minimum absolute atomic E-state index is 0.0402. The number of thioether (sulfide) groups is 2. The number of nitrogens with two attached hydrogens (primary N) is 2. The van der Waals surface area contributed by atoms with E-state index in [2.05, 4.69) is 10.6 Å². The molecule has 44 heavy (non-hydrogen) atoms. The number of rotatable bonds is 14. The molecule has 0 radical (unpaired) electrons. The van der Waals surface area contributed by atoms with Crippen molar-refractivity contribution in [3.05, 3.63) is 58.7 Å². The van der Waals surface area contributed by atoms with Gasteiger partial charge in [0.05, 0.1) is 49.6 Å². The number of hydrogen-bond donors (Lipinski definition) is 4. The number of ether oxygens (including phenoxy) is 2. The van der Waals surface area contributed by atoms with Crippen LogP contribution in [0.25, 0.3) is 0 Å². The minimum atomic E-state index is -1.60. The number of benzene rings is 2. The van der Waals surface area contributed by atoms with Crippen LogP contribution in [0.1, 0.15) is 57.5 Å². The van der Waals surface area contributed by atoms with Gasteiger partial charge in [-0.25, -0.2) is 0 Å². The number of fused-ring (bicyclic) bond motifs is 2. The van der Waals surface area contributed by atoms with Crippen molar-refractivity contribution in [3.63, 3.8) is 0 Å². The van der Waals surface area contributed by atoms with Gasteiger partial charge in [0.25, 0.3) is 0 Å². The maximum atomic E-state index is 14.0. The van der Waals surface area contributed by atoms with Crippen LogP contribution in [0.5, 0.6) is 0 Å². The summed E-state index contributed by atoms with van der Waals surface area (Å²) in [5.41, 5.74) is 9.36. The first-order valence-electron chi connectivity index (χ1n) is 13.5. The van der Waals surface area contributed by atoms with E-state index in [0.717, 1.165) is 0 Å². The highest BCUT2D eigenvalue weighted by Gasteiger charge is 2.40. The predicted octanol–water partition coefficient (Wildman–Crippen LogP) is 2.37. The Labute approximate surface area is 263 Å². The molecule has 2 aromatic rings. The van der Waals surface area contributed by atoms with E-state index in [0.29, 0.717) is 11.5 Å². The molecule has 236 valence electrons. The van der Waals surface area contributed by atoms with E-state index < -0.39 is 59.2 Å². The van der Waals surface area contributed by atoms with Crippen LogP contribution in [0.3, 0.4) is 0 Å². The number of hydrogen-bond acceptors (Lipinski definition) is 12. The molecule has 2 atom stereocenters. The molecule has 1 aliphatic rings. The second kappa shape index (κ2) is 14.8. The molecule has 14 heteroatoms. The monoisotopic (exact) mass is 644 g/mol. The van der Waals surface area contributed by atoms with Crippen molar-refractivity contribution in [1.82, 2.24) is 0 Å². The zero-order valence-electron chi connectivity index (χ0n) is 24.9. The number of nitrogens with one attached hydrogen (secondary N) is 2. The van der Waals surface area contributed by atoms with Crippen molar-refractivity contribution in [2.75, 3.05) is 48.9 Å². The van der Waals surface area contributed by atoms with Crippen LogP contribution in [-0.4, -0.2) is 84.6 Å². The Hall–Kier alpha value is -3.72. The molecule has 3 rings (SSSR count). The Morgan fingerprint density at radius 3 is 1.43 bits per heavy atom. The van der Waals surface area contributed by atoms with Gasteiger partial charge < -0.3 is 31.6 Å². The second-order valence-corrected chi connectivity index (χ2v) is 12.3. The van der Waals surface area contributed by atoms with Gasteiger partial charge in [-0.05, 0) is 49.0 Å². The molecule has 6 N–H and O–H groups in total. The maximum absolute atomic E-state index is 14.0.